The molecule has 7 heteroatoms. The Morgan fingerprint density at radius 1 is 1.48 bits per heavy atom. The highest BCUT2D eigenvalue weighted by Gasteiger charge is 2.17. The lowest BCUT2D eigenvalue weighted by molar-refractivity contribution is 0.0958. The first-order valence-electron chi connectivity index (χ1n) is 5.91. The van der Waals surface area contributed by atoms with E-state index in [0.717, 1.165) is 11.3 Å². The molecule has 0 radical (unpaired) electrons. The fourth-order valence-corrected chi connectivity index (χ4v) is 2.57. The standard InChI is InChI=1S/C14H11FN4OS/c1-8-11(6-16)13(17)21-12(8)14(20)19-18-7-9-2-4-10(15)5-3-9/h2-5,7H,17H2,1H3,(H,19,20). The largest absolute Gasteiger partial charge is 0.389 e. The number of nitrogens with one attached hydrogen (secondary N) is 1. The van der Waals surface area contributed by atoms with E-state index < -0.39 is 5.91 Å². The van der Waals surface area contributed by atoms with Crippen molar-refractivity contribution < 1.29 is 9.18 Å². The molecule has 0 saturated heterocycles. The van der Waals surface area contributed by atoms with Crippen LogP contribution in [0.5, 0.6) is 0 Å². The predicted molar refractivity (Wildman–Crippen MR) is 79.6 cm³/mol. The van der Waals surface area contributed by atoms with E-state index in [9.17, 15) is 9.18 Å². The molecule has 21 heavy (non-hydrogen) atoms. The second kappa shape index (κ2) is 6.15. The number of benzene rings is 1. The second-order valence-corrected chi connectivity index (χ2v) is 5.21. The normalized spacial score (nSPS) is 10.5. The Labute approximate surface area is 124 Å². The minimum absolute atomic E-state index is 0.308. The van der Waals surface area contributed by atoms with Gasteiger partial charge in [-0.05, 0) is 30.2 Å². The topological polar surface area (TPSA) is 91.3 Å². The van der Waals surface area contributed by atoms with Gasteiger partial charge in [-0.15, -0.1) is 11.3 Å². The van der Waals surface area contributed by atoms with Crippen molar-refractivity contribution in [2.45, 2.75) is 6.92 Å². The van der Waals surface area contributed by atoms with E-state index in [1.54, 1.807) is 6.92 Å². The number of nitrogens with two attached hydrogens (primary N) is 1. The highest BCUT2D eigenvalue weighted by molar-refractivity contribution is 7.18. The summed E-state index contributed by atoms with van der Waals surface area (Å²) >= 11 is 1.04. The van der Waals surface area contributed by atoms with Crippen LogP contribution < -0.4 is 11.2 Å². The van der Waals surface area contributed by atoms with Crippen molar-refractivity contribution in [2.75, 3.05) is 5.73 Å². The van der Waals surface area contributed by atoms with Gasteiger partial charge in [0, 0.05) is 0 Å². The van der Waals surface area contributed by atoms with E-state index in [1.165, 1.54) is 30.5 Å². The van der Waals surface area contributed by atoms with Gasteiger partial charge in [0.2, 0.25) is 0 Å². The molecule has 0 aliphatic rings. The number of amides is 1. The van der Waals surface area contributed by atoms with Gasteiger partial charge in [0.25, 0.3) is 5.91 Å². The molecule has 1 heterocycles. The minimum atomic E-state index is -0.441. The molecule has 106 valence electrons. The van der Waals surface area contributed by atoms with Crippen LogP contribution in [0.3, 0.4) is 0 Å². The summed E-state index contributed by atoms with van der Waals surface area (Å²) in [5.41, 5.74) is 9.52. The van der Waals surface area contributed by atoms with Gasteiger partial charge in [-0.2, -0.15) is 10.4 Å². The van der Waals surface area contributed by atoms with Gasteiger partial charge >= 0.3 is 0 Å². The van der Waals surface area contributed by atoms with Crippen molar-refractivity contribution >= 4 is 28.5 Å². The molecule has 2 aromatic rings. The summed E-state index contributed by atoms with van der Waals surface area (Å²) < 4.78 is 12.7. The van der Waals surface area contributed by atoms with Crippen LogP contribution >= 0.6 is 11.3 Å². The number of hydrazone groups is 1. The second-order valence-electron chi connectivity index (χ2n) is 4.16. The summed E-state index contributed by atoms with van der Waals surface area (Å²) in [6, 6.07) is 7.62. The Morgan fingerprint density at radius 2 is 2.14 bits per heavy atom. The number of hydrogen-bond acceptors (Lipinski definition) is 5. The van der Waals surface area contributed by atoms with Crippen molar-refractivity contribution in [1.29, 1.82) is 5.26 Å². The summed E-state index contributed by atoms with van der Waals surface area (Å²) in [4.78, 5) is 12.3. The van der Waals surface area contributed by atoms with E-state index >= 15 is 0 Å². The molecule has 2 rings (SSSR count). The molecular weight excluding hydrogens is 291 g/mol. The van der Waals surface area contributed by atoms with Gasteiger partial charge in [-0.25, -0.2) is 9.82 Å². The van der Waals surface area contributed by atoms with E-state index in [-0.39, 0.29) is 5.82 Å². The monoisotopic (exact) mass is 302 g/mol. The zero-order valence-corrected chi connectivity index (χ0v) is 11.9. The zero-order chi connectivity index (χ0) is 15.4. The highest BCUT2D eigenvalue weighted by atomic mass is 32.1. The van der Waals surface area contributed by atoms with Gasteiger partial charge in [-0.3, -0.25) is 4.79 Å². The fraction of sp³-hybridized carbons (Fsp3) is 0.0714. The molecule has 1 aromatic carbocycles. The molecule has 1 aromatic heterocycles. The van der Waals surface area contributed by atoms with E-state index in [2.05, 4.69) is 10.5 Å². The van der Waals surface area contributed by atoms with Crippen molar-refractivity contribution in [3.05, 3.63) is 51.7 Å². The third-order valence-corrected chi connectivity index (χ3v) is 3.86. The number of carbonyl (C=O) groups excluding carboxylic acids is 1. The first-order chi connectivity index (χ1) is 10.0. The number of carbonyl (C=O) groups is 1. The van der Waals surface area contributed by atoms with E-state index in [1.807, 2.05) is 6.07 Å². The first-order valence-corrected chi connectivity index (χ1v) is 6.72. The number of nitriles is 1. The molecular formula is C14H11FN4OS. The molecule has 0 bridgehead atoms. The Balaban J connectivity index is 2.09. The first kappa shape index (κ1) is 14.7. The Bertz CT molecular complexity index is 744. The summed E-state index contributed by atoms with van der Waals surface area (Å²) in [5.74, 6) is -0.783. The molecule has 1 amide bonds. The Hall–Kier alpha value is -2.72. The summed E-state index contributed by atoms with van der Waals surface area (Å²) in [6.07, 6.45) is 1.40. The van der Waals surface area contributed by atoms with Crippen LogP contribution in [0.4, 0.5) is 9.39 Å². The van der Waals surface area contributed by atoms with Crippen molar-refractivity contribution in [2.24, 2.45) is 5.10 Å². The van der Waals surface area contributed by atoms with Crippen LogP contribution in [0.25, 0.3) is 0 Å². The SMILES string of the molecule is Cc1c(C(=O)NN=Cc2ccc(F)cc2)sc(N)c1C#N. The number of hydrogen-bond donors (Lipinski definition) is 2. The lowest BCUT2D eigenvalue weighted by Crippen LogP contribution is -2.17. The third-order valence-electron chi connectivity index (χ3n) is 2.74. The number of rotatable bonds is 3. The molecule has 0 atom stereocenters. The number of halogens is 1. The highest BCUT2D eigenvalue weighted by Crippen LogP contribution is 2.29. The minimum Gasteiger partial charge on any atom is -0.389 e. The van der Waals surface area contributed by atoms with E-state index in [4.69, 9.17) is 11.0 Å². The average molecular weight is 302 g/mol. The summed E-state index contributed by atoms with van der Waals surface area (Å²) in [6.45, 7) is 1.66. The van der Waals surface area contributed by atoms with Crippen LogP contribution in [-0.4, -0.2) is 12.1 Å². The molecule has 0 aliphatic heterocycles. The molecule has 0 spiro atoms. The fourth-order valence-electron chi connectivity index (χ4n) is 1.66. The molecule has 5 nitrogen and oxygen atoms in total. The number of anilines is 1. The number of nitrogens with zero attached hydrogens (tertiary/aromatic N) is 2. The van der Waals surface area contributed by atoms with Gasteiger partial charge in [0.05, 0.1) is 11.8 Å². The molecule has 0 fully saturated rings. The Kier molecular flexibility index (Phi) is 4.30. The lowest BCUT2D eigenvalue weighted by atomic mass is 10.2. The van der Waals surface area contributed by atoms with Crippen molar-refractivity contribution in [3.8, 4) is 6.07 Å². The molecule has 0 saturated carbocycles. The van der Waals surface area contributed by atoms with E-state index in [0.29, 0.717) is 26.6 Å². The Morgan fingerprint density at radius 3 is 2.71 bits per heavy atom. The molecule has 0 unspecified atom stereocenters. The van der Waals surface area contributed by atoms with Gasteiger partial charge < -0.3 is 5.73 Å². The van der Waals surface area contributed by atoms with Crippen LogP contribution in [0.15, 0.2) is 29.4 Å². The van der Waals surface area contributed by atoms with Crippen LogP contribution in [0.1, 0.15) is 26.4 Å². The van der Waals surface area contributed by atoms with Crippen LogP contribution in [-0.2, 0) is 0 Å². The van der Waals surface area contributed by atoms with Gasteiger partial charge in [0.15, 0.2) is 0 Å². The predicted octanol–water partition coefficient (Wildman–Crippen LogP) is 2.41. The molecule has 3 N–H and O–H groups in total. The van der Waals surface area contributed by atoms with Crippen molar-refractivity contribution in [3.63, 3.8) is 0 Å². The quantitative estimate of drug-likeness (QED) is 0.673. The number of thiophene rings is 1. The van der Waals surface area contributed by atoms with Crippen LogP contribution in [0, 0.1) is 24.1 Å². The van der Waals surface area contributed by atoms with Gasteiger partial charge in [-0.1, -0.05) is 12.1 Å². The lowest BCUT2D eigenvalue weighted by Gasteiger charge is -1.98. The molecule has 0 aliphatic carbocycles. The summed E-state index contributed by atoms with van der Waals surface area (Å²) in [7, 11) is 0. The maximum absolute atomic E-state index is 12.7. The maximum Gasteiger partial charge on any atom is 0.281 e. The van der Waals surface area contributed by atoms with Crippen LogP contribution in [0.2, 0.25) is 0 Å². The third kappa shape index (κ3) is 3.24. The van der Waals surface area contributed by atoms with Gasteiger partial charge in [0.1, 0.15) is 21.8 Å². The maximum atomic E-state index is 12.7. The average Bonchev–Trinajstić information content (AvgIpc) is 2.75. The number of nitrogen functional groups attached to an aromatic ring is 1. The smallest absolute Gasteiger partial charge is 0.281 e. The van der Waals surface area contributed by atoms with Crippen molar-refractivity contribution in [1.82, 2.24) is 5.43 Å². The summed E-state index contributed by atoms with van der Waals surface area (Å²) in [5, 5.41) is 13.0. The zero-order valence-electron chi connectivity index (χ0n) is 11.1.